The van der Waals surface area contributed by atoms with Crippen molar-refractivity contribution in [2.75, 3.05) is 7.11 Å². The number of oxime groups is 1. The number of amides is 1. The van der Waals surface area contributed by atoms with Gasteiger partial charge in [-0.05, 0) is 19.9 Å². The van der Waals surface area contributed by atoms with E-state index in [2.05, 4.69) is 20.2 Å². The van der Waals surface area contributed by atoms with E-state index in [4.69, 9.17) is 4.42 Å². The van der Waals surface area contributed by atoms with Gasteiger partial charge in [-0.25, -0.2) is 0 Å². The van der Waals surface area contributed by atoms with E-state index in [-0.39, 0.29) is 36.0 Å². The van der Waals surface area contributed by atoms with Crippen LogP contribution in [0.15, 0.2) is 33.8 Å². The molecule has 0 bridgehead atoms. The maximum Gasteiger partial charge on any atom is 0.270 e. The highest BCUT2D eigenvalue weighted by atomic mass is 16.6. The molecule has 2 rings (SSSR count). The van der Waals surface area contributed by atoms with E-state index in [1.165, 1.54) is 30.2 Å². The van der Waals surface area contributed by atoms with Crippen molar-refractivity contribution in [3.63, 3.8) is 0 Å². The van der Waals surface area contributed by atoms with Crippen LogP contribution >= 0.6 is 0 Å². The molecule has 0 unspecified atom stereocenters. The molecule has 0 spiro atoms. The number of hydrogen-bond donors (Lipinski definition) is 0. The molecule has 0 saturated carbocycles. The van der Waals surface area contributed by atoms with Gasteiger partial charge in [-0.1, -0.05) is 11.2 Å². The average Bonchev–Trinajstić information content (AvgIpc) is 3.06. The molecule has 25 heavy (non-hydrogen) atoms. The van der Waals surface area contributed by atoms with Crippen LogP contribution in [0.3, 0.4) is 0 Å². The van der Waals surface area contributed by atoms with Gasteiger partial charge in [0.15, 0.2) is 0 Å². The monoisotopic (exact) mass is 347 g/mol. The lowest BCUT2D eigenvalue weighted by molar-refractivity contribution is -0.384. The van der Waals surface area contributed by atoms with E-state index in [1.54, 1.807) is 6.07 Å². The lowest BCUT2D eigenvalue weighted by Gasteiger charge is -2.23. The van der Waals surface area contributed by atoms with Crippen LogP contribution < -0.4 is 0 Å². The van der Waals surface area contributed by atoms with Crippen LogP contribution in [0, 0.1) is 10.1 Å². The van der Waals surface area contributed by atoms with Gasteiger partial charge in [0.25, 0.3) is 11.6 Å². The Morgan fingerprint density at radius 3 is 2.88 bits per heavy atom. The number of nitro benzene ring substituents is 1. The van der Waals surface area contributed by atoms with Crippen LogP contribution in [-0.2, 0) is 16.2 Å². The van der Waals surface area contributed by atoms with Crippen molar-refractivity contribution in [2.24, 2.45) is 5.16 Å². The van der Waals surface area contributed by atoms with Crippen molar-refractivity contribution >= 4 is 17.8 Å². The third-order valence-corrected chi connectivity index (χ3v) is 3.25. The van der Waals surface area contributed by atoms with Gasteiger partial charge in [0, 0.05) is 23.7 Å². The summed E-state index contributed by atoms with van der Waals surface area (Å²) in [4.78, 5) is 28.4. The Morgan fingerprint density at radius 2 is 2.24 bits per heavy atom. The van der Waals surface area contributed by atoms with Crippen LogP contribution in [0.1, 0.15) is 19.7 Å². The van der Waals surface area contributed by atoms with E-state index in [1.807, 2.05) is 13.8 Å². The van der Waals surface area contributed by atoms with Gasteiger partial charge in [0.05, 0.1) is 11.5 Å². The second-order valence-corrected chi connectivity index (χ2v) is 5.29. The Labute approximate surface area is 143 Å². The van der Waals surface area contributed by atoms with Crippen LogP contribution in [0.25, 0.3) is 11.5 Å². The quantitative estimate of drug-likeness (QED) is 0.426. The zero-order valence-corrected chi connectivity index (χ0v) is 13.9. The highest BCUT2D eigenvalue weighted by molar-refractivity contribution is 6.26. The van der Waals surface area contributed by atoms with Crippen molar-refractivity contribution < 1.29 is 19.0 Å². The van der Waals surface area contributed by atoms with Crippen molar-refractivity contribution in [3.05, 3.63) is 40.3 Å². The molecule has 132 valence electrons. The van der Waals surface area contributed by atoms with Gasteiger partial charge in [-0.15, -0.1) is 10.2 Å². The van der Waals surface area contributed by atoms with Crippen LogP contribution in [0.2, 0.25) is 0 Å². The molecule has 1 aromatic heterocycles. The fourth-order valence-electron chi connectivity index (χ4n) is 2.02. The molecule has 0 atom stereocenters. The van der Waals surface area contributed by atoms with Gasteiger partial charge in [-0.2, -0.15) is 0 Å². The second kappa shape index (κ2) is 7.99. The summed E-state index contributed by atoms with van der Waals surface area (Å²) in [5.74, 6) is -0.0262. The number of carbonyl (C=O) groups excluding carboxylic acids is 1. The second-order valence-electron chi connectivity index (χ2n) is 5.29. The highest BCUT2D eigenvalue weighted by Gasteiger charge is 2.20. The minimum absolute atomic E-state index is 0.0768. The lowest BCUT2D eigenvalue weighted by Crippen LogP contribution is -2.37. The number of benzene rings is 1. The standard InChI is InChI=1S/C15H17N5O5/c1-10(2)19(14(21)8-16-24-3)9-13-17-18-15(25-13)11-5-4-6-12(7-11)20(22)23/h4-8,10H,9H2,1-3H3. The largest absolute Gasteiger partial charge is 0.419 e. The minimum Gasteiger partial charge on any atom is -0.419 e. The molecule has 10 heteroatoms. The van der Waals surface area contributed by atoms with E-state index in [0.29, 0.717) is 5.56 Å². The fraction of sp³-hybridized carbons (Fsp3) is 0.333. The minimum atomic E-state index is -0.505. The normalized spacial score (nSPS) is 11.0. The first-order valence-corrected chi connectivity index (χ1v) is 7.36. The Hall–Kier alpha value is -3.30. The molecular formula is C15H17N5O5. The number of carbonyl (C=O) groups is 1. The third-order valence-electron chi connectivity index (χ3n) is 3.25. The molecule has 10 nitrogen and oxygen atoms in total. The highest BCUT2D eigenvalue weighted by Crippen LogP contribution is 2.23. The zero-order chi connectivity index (χ0) is 18.4. The maximum atomic E-state index is 12.1. The first kappa shape index (κ1) is 18.0. The van der Waals surface area contributed by atoms with E-state index in [9.17, 15) is 14.9 Å². The first-order valence-electron chi connectivity index (χ1n) is 7.36. The Morgan fingerprint density at radius 1 is 1.48 bits per heavy atom. The van der Waals surface area contributed by atoms with E-state index >= 15 is 0 Å². The molecule has 2 aromatic rings. The summed E-state index contributed by atoms with van der Waals surface area (Å²) in [6, 6.07) is 5.73. The van der Waals surface area contributed by atoms with Gasteiger partial charge in [-0.3, -0.25) is 14.9 Å². The van der Waals surface area contributed by atoms with Gasteiger partial charge in [0.1, 0.15) is 13.3 Å². The van der Waals surface area contributed by atoms with Crippen molar-refractivity contribution in [1.29, 1.82) is 0 Å². The summed E-state index contributed by atoms with van der Waals surface area (Å²) >= 11 is 0. The molecule has 0 N–H and O–H groups in total. The molecular weight excluding hydrogens is 330 g/mol. The number of non-ortho nitro benzene ring substituents is 1. The van der Waals surface area contributed by atoms with E-state index < -0.39 is 4.92 Å². The summed E-state index contributed by atoms with van der Waals surface area (Å²) in [6.45, 7) is 3.74. The number of hydrogen-bond acceptors (Lipinski definition) is 8. The molecule has 0 radical (unpaired) electrons. The number of rotatable bonds is 7. The molecule has 0 fully saturated rings. The number of nitro groups is 1. The SMILES string of the molecule is CON=CC(=O)N(Cc1nnc(-c2cccc([N+](=O)[O-])c2)o1)C(C)C. The van der Waals surface area contributed by atoms with Gasteiger partial charge in [0.2, 0.25) is 11.8 Å². The van der Waals surface area contributed by atoms with Gasteiger partial charge >= 0.3 is 0 Å². The average molecular weight is 347 g/mol. The summed E-state index contributed by atoms with van der Waals surface area (Å²) in [5.41, 5.74) is 0.350. The first-order chi connectivity index (χ1) is 11.9. The van der Waals surface area contributed by atoms with Crippen molar-refractivity contribution in [1.82, 2.24) is 15.1 Å². The summed E-state index contributed by atoms with van der Waals surface area (Å²) < 4.78 is 5.53. The summed E-state index contributed by atoms with van der Waals surface area (Å²) in [7, 11) is 1.34. The predicted molar refractivity (Wildman–Crippen MR) is 87.6 cm³/mol. The molecule has 1 amide bonds. The molecule has 1 aromatic carbocycles. The smallest absolute Gasteiger partial charge is 0.270 e. The van der Waals surface area contributed by atoms with E-state index in [0.717, 1.165) is 6.21 Å². The fourth-order valence-corrected chi connectivity index (χ4v) is 2.02. The number of aromatic nitrogens is 2. The molecule has 0 aliphatic heterocycles. The Balaban J connectivity index is 2.19. The maximum absolute atomic E-state index is 12.1. The third kappa shape index (κ3) is 4.59. The summed E-state index contributed by atoms with van der Waals surface area (Å²) in [5, 5.41) is 22.1. The lowest BCUT2D eigenvalue weighted by atomic mass is 10.2. The van der Waals surface area contributed by atoms with Gasteiger partial charge < -0.3 is 14.2 Å². The van der Waals surface area contributed by atoms with Crippen molar-refractivity contribution in [2.45, 2.75) is 26.4 Å². The van der Waals surface area contributed by atoms with Crippen LogP contribution in [-0.4, -0.2) is 45.3 Å². The Bertz CT molecular complexity index is 786. The zero-order valence-electron chi connectivity index (χ0n) is 13.9. The summed E-state index contributed by atoms with van der Waals surface area (Å²) in [6.07, 6.45) is 1.05. The Kier molecular flexibility index (Phi) is 5.77. The van der Waals surface area contributed by atoms with Crippen LogP contribution in [0.4, 0.5) is 5.69 Å². The van der Waals surface area contributed by atoms with Crippen LogP contribution in [0.5, 0.6) is 0 Å². The molecule has 0 aliphatic carbocycles. The molecule has 0 saturated heterocycles. The number of nitrogens with zero attached hydrogens (tertiary/aromatic N) is 5. The molecule has 1 heterocycles. The predicted octanol–water partition coefficient (Wildman–Crippen LogP) is 2.01. The topological polar surface area (TPSA) is 124 Å². The van der Waals surface area contributed by atoms with Crippen molar-refractivity contribution in [3.8, 4) is 11.5 Å². The molecule has 0 aliphatic rings.